The van der Waals surface area contributed by atoms with Gasteiger partial charge < -0.3 is 10.1 Å². The van der Waals surface area contributed by atoms with Gasteiger partial charge in [0.1, 0.15) is 6.61 Å². The third-order valence-electron chi connectivity index (χ3n) is 2.79. The molecule has 1 fully saturated rings. The molecule has 5 heteroatoms. The van der Waals surface area contributed by atoms with Crippen molar-refractivity contribution in [3.63, 3.8) is 0 Å². The summed E-state index contributed by atoms with van der Waals surface area (Å²) in [5, 5.41) is 3.25. The standard InChI is InChI=1S/C12H16F2N2O/c13-10-2-1-3-11(12(10)14)17-9-8-16-6-4-15-5-7-16/h1-3,15H,4-9H2. The van der Waals surface area contributed by atoms with E-state index in [0.717, 1.165) is 38.8 Å². The molecule has 94 valence electrons. The number of nitrogens with one attached hydrogen (secondary N) is 1. The molecule has 0 amide bonds. The first kappa shape index (κ1) is 12.3. The second kappa shape index (κ2) is 5.93. The van der Waals surface area contributed by atoms with Crippen LogP contribution in [-0.2, 0) is 0 Å². The molecule has 1 aromatic rings. The van der Waals surface area contributed by atoms with E-state index in [-0.39, 0.29) is 5.75 Å². The normalized spacial score (nSPS) is 17.1. The Morgan fingerprint density at radius 3 is 2.76 bits per heavy atom. The van der Waals surface area contributed by atoms with Crippen LogP contribution in [0.2, 0.25) is 0 Å². The number of nitrogens with zero attached hydrogens (tertiary/aromatic N) is 1. The van der Waals surface area contributed by atoms with Crippen LogP contribution in [0.1, 0.15) is 0 Å². The summed E-state index contributed by atoms with van der Waals surface area (Å²) >= 11 is 0. The van der Waals surface area contributed by atoms with Gasteiger partial charge in [0.2, 0.25) is 5.82 Å². The fourth-order valence-corrected chi connectivity index (χ4v) is 1.81. The van der Waals surface area contributed by atoms with E-state index in [1.165, 1.54) is 12.1 Å². The van der Waals surface area contributed by atoms with E-state index < -0.39 is 11.6 Å². The Balaban J connectivity index is 1.79. The Bertz CT molecular complexity index is 368. The molecule has 1 saturated heterocycles. The summed E-state index contributed by atoms with van der Waals surface area (Å²) in [5.41, 5.74) is 0. The van der Waals surface area contributed by atoms with Crippen LogP contribution in [0.4, 0.5) is 8.78 Å². The first-order chi connectivity index (χ1) is 8.27. The first-order valence-electron chi connectivity index (χ1n) is 5.77. The fourth-order valence-electron chi connectivity index (χ4n) is 1.81. The van der Waals surface area contributed by atoms with Gasteiger partial charge in [-0.05, 0) is 12.1 Å². The topological polar surface area (TPSA) is 24.5 Å². The van der Waals surface area contributed by atoms with Crippen molar-refractivity contribution in [3.05, 3.63) is 29.8 Å². The van der Waals surface area contributed by atoms with Crippen molar-refractivity contribution in [1.29, 1.82) is 0 Å². The van der Waals surface area contributed by atoms with E-state index in [1.54, 1.807) is 0 Å². The number of hydrogen-bond acceptors (Lipinski definition) is 3. The predicted molar refractivity (Wildman–Crippen MR) is 61.2 cm³/mol. The van der Waals surface area contributed by atoms with Crippen molar-refractivity contribution in [3.8, 4) is 5.75 Å². The maximum atomic E-state index is 13.2. The highest BCUT2D eigenvalue weighted by atomic mass is 19.2. The molecular weight excluding hydrogens is 226 g/mol. The number of piperazine rings is 1. The molecule has 1 N–H and O–H groups in total. The molecular formula is C12H16F2N2O. The molecule has 0 radical (unpaired) electrons. The molecule has 0 atom stereocenters. The molecule has 1 aliphatic rings. The molecule has 0 saturated carbocycles. The van der Waals surface area contributed by atoms with Crippen LogP contribution >= 0.6 is 0 Å². The van der Waals surface area contributed by atoms with Crippen molar-refractivity contribution >= 4 is 0 Å². The number of hydrogen-bond donors (Lipinski definition) is 1. The zero-order valence-corrected chi connectivity index (χ0v) is 9.59. The Morgan fingerprint density at radius 1 is 1.24 bits per heavy atom. The lowest BCUT2D eigenvalue weighted by molar-refractivity contribution is 0.187. The number of rotatable bonds is 4. The molecule has 2 rings (SSSR count). The van der Waals surface area contributed by atoms with Gasteiger partial charge in [0, 0.05) is 32.7 Å². The minimum atomic E-state index is -0.909. The summed E-state index contributed by atoms with van der Waals surface area (Å²) in [6.45, 7) is 4.98. The SMILES string of the molecule is Fc1cccc(OCCN2CCNCC2)c1F. The van der Waals surface area contributed by atoms with E-state index in [1.807, 2.05) is 0 Å². The lowest BCUT2D eigenvalue weighted by Crippen LogP contribution is -2.44. The van der Waals surface area contributed by atoms with Crippen molar-refractivity contribution < 1.29 is 13.5 Å². The van der Waals surface area contributed by atoms with Crippen LogP contribution < -0.4 is 10.1 Å². The molecule has 3 nitrogen and oxygen atoms in total. The quantitative estimate of drug-likeness (QED) is 0.860. The third-order valence-corrected chi connectivity index (χ3v) is 2.79. The van der Waals surface area contributed by atoms with Gasteiger partial charge in [0.25, 0.3) is 0 Å². The third kappa shape index (κ3) is 3.38. The van der Waals surface area contributed by atoms with E-state index in [4.69, 9.17) is 4.74 Å². The van der Waals surface area contributed by atoms with Crippen molar-refractivity contribution in [2.75, 3.05) is 39.3 Å². The van der Waals surface area contributed by atoms with Gasteiger partial charge in [0.05, 0.1) is 0 Å². The van der Waals surface area contributed by atoms with Crippen molar-refractivity contribution in [2.45, 2.75) is 0 Å². The highest BCUT2D eigenvalue weighted by molar-refractivity contribution is 5.24. The summed E-state index contributed by atoms with van der Waals surface area (Å²) in [6.07, 6.45) is 0. The maximum absolute atomic E-state index is 13.2. The zero-order chi connectivity index (χ0) is 12.1. The highest BCUT2D eigenvalue weighted by Crippen LogP contribution is 2.18. The molecule has 17 heavy (non-hydrogen) atoms. The smallest absolute Gasteiger partial charge is 0.200 e. The Labute approximate surface area is 99.4 Å². The highest BCUT2D eigenvalue weighted by Gasteiger charge is 2.11. The summed E-state index contributed by atoms with van der Waals surface area (Å²) in [7, 11) is 0. The molecule has 0 aromatic heterocycles. The summed E-state index contributed by atoms with van der Waals surface area (Å²) in [6, 6.07) is 3.97. The average Bonchev–Trinajstić information content (AvgIpc) is 2.36. The molecule has 0 aliphatic carbocycles. The Kier molecular flexibility index (Phi) is 4.28. The Morgan fingerprint density at radius 2 is 2.00 bits per heavy atom. The van der Waals surface area contributed by atoms with Crippen LogP contribution in [0.25, 0.3) is 0 Å². The van der Waals surface area contributed by atoms with Crippen LogP contribution in [0.3, 0.4) is 0 Å². The molecule has 0 bridgehead atoms. The summed E-state index contributed by atoms with van der Waals surface area (Å²) in [5.74, 6) is -1.79. The first-order valence-corrected chi connectivity index (χ1v) is 5.77. The fraction of sp³-hybridized carbons (Fsp3) is 0.500. The van der Waals surface area contributed by atoms with Gasteiger partial charge in [0.15, 0.2) is 11.6 Å². The number of ether oxygens (including phenoxy) is 1. The number of halogens is 2. The van der Waals surface area contributed by atoms with Crippen LogP contribution in [0.5, 0.6) is 5.75 Å². The molecule has 1 aromatic carbocycles. The van der Waals surface area contributed by atoms with E-state index in [0.29, 0.717) is 6.61 Å². The second-order valence-electron chi connectivity index (χ2n) is 3.99. The molecule has 1 heterocycles. The average molecular weight is 242 g/mol. The van der Waals surface area contributed by atoms with Crippen molar-refractivity contribution in [1.82, 2.24) is 10.2 Å². The van der Waals surface area contributed by atoms with Crippen LogP contribution in [0.15, 0.2) is 18.2 Å². The summed E-state index contributed by atoms with van der Waals surface area (Å²) in [4.78, 5) is 2.23. The largest absolute Gasteiger partial charge is 0.489 e. The molecule has 0 unspecified atom stereocenters. The molecule has 0 spiro atoms. The minimum Gasteiger partial charge on any atom is -0.489 e. The van der Waals surface area contributed by atoms with Crippen molar-refractivity contribution in [2.24, 2.45) is 0 Å². The lowest BCUT2D eigenvalue weighted by Gasteiger charge is -2.26. The van der Waals surface area contributed by atoms with Gasteiger partial charge in [-0.15, -0.1) is 0 Å². The second-order valence-corrected chi connectivity index (χ2v) is 3.99. The van der Waals surface area contributed by atoms with Crippen LogP contribution in [0, 0.1) is 11.6 Å². The van der Waals surface area contributed by atoms with Gasteiger partial charge in [-0.1, -0.05) is 6.07 Å². The van der Waals surface area contributed by atoms with Gasteiger partial charge in [-0.25, -0.2) is 4.39 Å². The summed E-state index contributed by atoms with van der Waals surface area (Å²) < 4.78 is 31.4. The lowest BCUT2D eigenvalue weighted by atomic mass is 10.3. The zero-order valence-electron chi connectivity index (χ0n) is 9.59. The minimum absolute atomic E-state index is 0.0138. The molecule has 1 aliphatic heterocycles. The van der Waals surface area contributed by atoms with E-state index in [2.05, 4.69) is 10.2 Å². The Hall–Kier alpha value is -1.20. The van der Waals surface area contributed by atoms with E-state index >= 15 is 0 Å². The maximum Gasteiger partial charge on any atom is 0.200 e. The van der Waals surface area contributed by atoms with Crippen LogP contribution in [-0.4, -0.2) is 44.2 Å². The van der Waals surface area contributed by atoms with E-state index in [9.17, 15) is 8.78 Å². The predicted octanol–water partition coefficient (Wildman–Crippen LogP) is 1.25. The van der Waals surface area contributed by atoms with Gasteiger partial charge in [-0.3, -0.25) is 4.90 Å². The van der Waals surface area contributed by atoms with Gasteiger partial charge in [-0.2, -0.15) is 4.39 Å². The number of benzene rings is 1. The monoisotopic (exact) mass is 242 g/mol. The van der Waals surface area contributed by atoms with Gasteiger partial charge >= 0.3 is 0 Å².